The lowest BCUT2D eigenvalue weighted by Crippen LogP contribution is -2.10. The van der Waals surface area contributed by atoms with Crippen molar-refractivity contribution in [1.29, 1.82) is 0 Å². The van der Waals surface area contributed by atoms with Crippen molar-refractivity contribution in [3.8, 4) is 11.1 Å². The SMILES string of the molecule is Cc1ccc(/C(=C(\c2ccccc2)c2ccc(N(c3ccc(-c4ccc(C)cc4)cc3)c3cccc4ccccc34)cc2)c2ccccc2)cc1. The van der Waals surface area contributed by atoms with Crippen LogP contribution >= 0.6 is 0 Å². The molecule has 0 aliphatic rings. The molecule has 0 saturated heterocycles. The van der Waals surface area contributed by atoms with Crippen molar-refractivity contribution >= 4 is 39.0 Å². The molecule has 1 heteroatoms. The van der Waals surface area contributed by atoms with E-state index in [9.17, 15) is 0 Å². The van der Waals surface area contributed by atoms with Gasteiger partial charge in [-0.3, -0.25) is 0 Å². The minimum atomic E-state index is 1.10. The molecular formula is C50H39N. The Kier molecular flexibility index (Phi) is 8.85. The number of nitrogens with zero attached hydrogens (tertiary/aromatic N) is 1. The molecule has 0 N–H and O–H groups in total. The highest BCUT2D eigenvalue weighted by atomic mass is 15.1. The van der Waals surface area contributed by atoms with E-state index in [4.69, 9.17) is 0 Å². The summed E-state index contributed by atoms with van der Waals surface area (Å²) in [5.74, 6) is 0. The van der Waals surface area contributed by atoms with Gasteiger partial charge in [0, 0.05) is 16.8 Å². The van der Waals surface area contributed by atoms with Crippen LogP contribution in [0.2, 0.25) is 0 Å². The fourth-order valence-electron chi connectivity index (χ4n) is 7.00. The Hall–Kier alpha value is -6.44. The van der Waals surface area contributed by atoms with Crippen molar-refractivity contribution in [2.45, 2.75) is 13.8 Å². The zero-order valence-electron chi connectivity index (χ0n) is 29.0. The molecule has 0 aromatic heterocycles. The average Bonchev–Trinajstić information content (AvgIpc) is 3.19. The predicted molar refractivity (Wildman–Crippen MR) is 218 cm³/mol. The van der Waals surface area contributed by atoms with Crippen molar-refractivity contribution < 1.29 is 0 Å². The molecule has 8 aromatic carbocycles. The highest BCUT2D eigenvalue weighted by Gasteiger charge is 2.19. The van der Waals surface area contributed by atoms with Crippen LogP contribution in [0.4, 0.5) is 17.1 Å². The molecule has 244 valence electrons. The van der Waals surface area contributed by atoms with Crippen molar-refractivity contribution in [1.82, 2.24) is 0 Å². The van der Waals surface area contributed by atoms with Crippen LogP contribution in [0.1, 0.15) is 33.4 Å². The van der Waals surface area contributed by atoms with Gasteiger partial charge in [0.05, 0.1) is 5.69 Å². The van der Waals surface area contributed by atoms with Crippen molar-refractivity contribution in [3.05, 3.63) is 234 Å². The summed E-state index contributed by atoms with van der Waals surface area (Å²) in [7, 11) is 0. The molecule has 0 aliphatic carbocycles. The minimum absolute atomic E-state index is 1.10. The summed E-state index contributed by atoms with van der Waals surface area (Å²) in [6, 6.07) is 72.5. The summed E-state index contributed by atoms with van der Waals surface area (Å²) in [5.41, 5.74) is 15.4. The number of aryl methyl sites for hydroxylation is 2. The van der Waals surface area contributed by atoms with Gasteiger partial charge in [-0.15, -0.1) is 0 Å². The van der Waals surface area contributed by atoms with E-state index in [1.807, 2.05) is 0 Å². The molecule has 0 amide bonds. The molecule has 0 fully saturated rings. The Morgan fingerprint density at radius 3 is 1.27 bits per heavy atom. The van der Waals surface area contributed by atoms with Crippen LogP contribution in [-0.2, 0) is 0 Å². The van der Waals surface area contributed by atoms with E-state index in [1.54, 1.807) is 0 Å². The lowest BCUT2D eigenvalue weighted by atomic mass is 9.85. The first-order chi connectivity index (χ1) is 25.1. The summed E-state index contributed by atoms with van der Waals surface area (Å²) in [4.78, 5) is 2.38. The van der Waals surface area contributed by atoms with Crippen LogP contribution in [0, 0.1) is 13.8 Å². The normalized spacial score (nSPS) is 11.6. The molecule has 0 radical (unpaired) electrons. The number of fused-ring (bicyclic) bond motifs is 1. The van der Waals surface area contributed by atoms with Gasteiger partial charge >= 0.3 is 0 Å². The summed E-state index contributed by atoms with van der Waals surface area (Å²) in [6.07, 6.45) is 0. The summed E-state index contributed by atoms with van der Waals surface area (Å²) in [6.45, 7) is 4.27. The Morgan fingerprint density at radius 1 is 0.333 bits per heavy atom. The van der Waals surface area contributed by atoms with Crippen LogP contribution < -0.4 is 4.90 Å². The summed E-state index contributed by atoms with van der Waals surface area (Å²) < 4.78 is 0. The Labute approximate surface area is 301 Å². The van der Waals surface area contributed by atoms with E-state index in [0.717, 1.165) is 22.6 Å². The van der Waals surface area contributed by atoms with Gasteiger partial charge < -0.3 is 4.90 Å². The van der Waals surface area contributed by atoms with Gasteiger partial charge in [-0.2, -0.15) is 0 Å². The van der Waals surface area contributed by atoms with Crippen LogP contribution in [-0.4, -0.2) is 0 Å². The van der Waals surface area contributed by atoms with Gasteiger partial charge in [0.25, 0.3) is 0 Å². The lowest BCUT2D eigenvalue weighted by molar-refractivity contribution is 1.29. The maximum absolute atomic E-state index is 2.38. The lowest BCUT2D eigenvalue weighted by Gasteiger charge is -2.27. The third-order valence-corrected chi connectivity index (χ3v) is 9.65. The zero-order chi connectivity index (χ0) is 34.6. The topological polar surface area (TPSA) is 3.24 Å². The molecule has 0 atom stereocenters. The quantitative estimate of drug-likeness (QED) is 0.148. The number of benzene rings is 8. The van der Waals surface area contributed by atoms with Crippen LogP contribution in [0.15, 0.2) is 200 Å². The van der Waals surface area contributed by atoms with E-state index in [1.165, 1.54) is 60.9 Å². The first-order valence-electron chi connectivity index (χ1n) is 17.6. The number of rotatable bonds is 8. The maximum Gasteiger partial charge on any atom is 0.0540 e. The number of hydrogen-bond donors (Lipinski definition) is 0. The van der Waals surface area contributed by atoms with E-state index in [0.29, 0.717) is 0 Å². The maximum atomic E-state index is 2.38. The first kappa shape index (κ1) is 31.8. The van der Waals surface area contributed by atoms with Crippen LogP contribution in [0.25, 0.3) is 33.0 Å². The molecule has 0 aliphatic heterocycles. The van der Waals surface area contributed by atoms with Crippen molar-refractivity contribution in [2.24, 2.45) is 0 Å². The molecule has 0 spiro atoms. The van der Waals surface area contributed by atoms with E-state index < -0.39 is 0 Å². The summed E-state index contributed by atoms with van der Waals surface area (Å²) in [5, 5.41) is 2.43. The Bertz CT molecular complexity index is 2420. The second-order valence-corrected chi connectivity index (χ2v) is 13.1. The minimum Gasteiger partial charge on any atom is -0.310 e. The van der Waals surface area contributed by atoms with E-state index >= 15 is 0 Å². The van der Waals surface area contributed by atoms with Gasteiger partial charge in [0.1, 0.15) is 0 Å². The molecule has 8 rings (SSSR count). The van der Waals surface area contributed by atoms with Crippen molar-refractivity contribution in [3.63, 3.8) is 0 Å². The second-order valence-electron chi connectivity index (χ2n) is 13.1. The summed E-state index contributed by atoms with van der Waals surface area (Å²) >= 11 is 0. The van der Waals surface area contributed by atoms with E-state index in [2.05, 4.69) is 219 Å². The van der Waals surface area contributed by atoms with E-state index in [-0.39, 0.29) is 0 Å². The molecule has 51 heavy (non-hydrogen) atoms. The third kappa shape index (κ3) is 6.63. The molecule has 0 bridgehead atoms. The monoisotopic (exact) mass is 653 g/mol. The fourth-order valence-corrected chi connectivity index (χ4v) is 7.00. The number of anilines is 3. The predicted octanol–water partition coefficient (Wildman–Crippen LogP) is 13.6. The third-order valence-electron chi connectivity index (χ3n) is 9.65. The highest BCUT2D eigenvalue weighted by Crippen LogP contribution is 2.42. The van der Waals surface area contributed by atoms with Gasteiger partial charge in [0.15, 0.2) is 0 Å². The van der Waals surface area contributed by atoms with Gasteiger partial charge in [0.2, 0.25) is 0 Å². The van der Waals surface area contributed by atoms with Gasteiger partial charge in [-0.1, -0.05) is 181 Å². The Balaban J connectivity index is 1.30. The molecule has 1 nitrogen and oxygen atoms in total. The molecular weight excluding hydrogens is 615 g/mol. The largest absolute Gasteiger partial charge is 0.310 e. The smallest absolute Gasteiger partial charge is 0.0540 e. The number of hydrogen-bond acceptors (Lipinski definition) is 1. The fraction of sp³-hybridized carbons (Fsp3) is 0.0400. The zero-order valence-corrected chi connectivity index (χ0v) is 29.0. The highest BCUT2D eigenvalue weighted by molar-refractivity contribution is 6.05. The molecule has 0 unspecified atom stereocenters. The standard InChI is InChI=1S/C50H39N/c1-36-20-24-38(25-21-36)39-28-32-45(33-29-39)51(48-19-11-17-40-12-9-10-18-47(40)48)46-34-30-44(31-35-46)50(42-15-7-4-8-16-42)49(41-13-5-3-6-14-41)43-26-22-37(2)23-27-43/h3-35H,1-2H3/b50-49+. The molecule has 8 aromatic rings. The second kappa shape index (κ2) is 14.2. The first-order valence-corrected chi connectivity index (χ1v) is 17.6. The van der Waals surface area contributed by atoms with Gasteiger partial charge in [-0.05, 0) is 94.1 Å². The van der Waals surface area contributed by atoms with Gasteiger partial charge in [-0.25, -0.2) is 0 Å². The van der Waals surface area contributed by atoms with Crippen molar-refractivity contribution in [2.75, 3.05) is 4.90 Å². The average molecular weight is 654 g/mol. The van der Waals surface area contributed by atoms with Crippen LogP contribution in [0.3, 0.4) is 0 Å². The molecule has 0 saturated carbocycles. The molecule has 0 heterocycles. The van der Waals surface area contributed by atoms with Crippen LogP contribution in [0.5, 0.6) is 0 Å². The Morgan fingerprint density at radius 2 is 0.725 bits per heavy atom.